The van der Waals surface area contributed by atoms with Crippen LogP contribution in [0.3, 0.4) is 0 Å². The Morgan fingerprint density at radius 2 is 0.985 bits per heavy atom. The number of nitrogens with zero attached hydrogens (tertiary/aromatic N) is 3. The van der Waals surface area contributed by atoms with Crippen LogP contribution in [0.4, 0.5) is 0 Å². The SMILES string of the molecule is C1=Cc2c(n(-c3ccccc3)c3cnc(-c4ccc(-c5ccc(Cc6ccc(-c7ccc(B(c8cccc9ccccc89)c8cccc9ccccc89)cc7)cc6)cc5)cc4)nc23)CC1. The van der Waals surface area contributed by atoms with Crippen molar-refractivity contribution < 1.29 is 0 Å². The molecule has 0 spiro atoms. The van der Waals surface area contributed by atoms with Gasteiger partial charge in [0.2, 0.25) is 6.71 Å². The molecule has 9 aromatic carbocycles. The molecule has 0 saturated carbocycles. The predicted molar refractivity (Wildman–Crippen MR) is 274 cm³/mol. The van der Waals surface area contributed by atoms with Crippen LogP contribution >= 0.6 is 0 Å². The molecule has 1 aliphatic rings. The quantitative estimate of drug-likeness (QED) is 0.136. The van der Waals surface area contributed by atoms with Gasteiger partial charge in [-0.25, -0.2) is 9.97 Å². The number of para-hydroxylation sites is 1. The fraction of sp³-hybridized carbons (Fsp3) is 0.0492. The standard InChI is InChI=1S/C61H44BN3/c1-2-16-52(17-3-1)65-58-23-9-8-20-55(58)60-59(65)41-63-61(64-60)50-34-32-46(33-35-50)44-28-24-42(25-29-44)40-43-26-30-45(31-27-43)47-36-38-51(39-37-47)62(56-21-10-14-48-12-4-6-18-53(48)56)57-22-11-15-49-13-5-7-19-54(49)57/h1-8,10-22,24-39,41H,9,23,40H2. The van der Waals surface area contributed by atoms with Gasteiger partial charge in [0.05, 0.1) is 11.7 Å². The molecule has 0 saturated heterocycles. The first kappa shape index (κ1) is 38.6. The summed E-state index contributed by atoms with van der Waals surface area (Å²) in [5.74, 6) is 0.747. The second kappa shape index (κ2) is 16.6. The minimum Gasteiger partial charge on any atom is -0.310 e. The van der Waals surface area contributed by atoms with E-state index in [-0.39, 0.29) is 6.71 Å². The zero-order valence-electron chi connectivity index (χ0n) is 36.0. The van der Waals surface area contributed by atoms with E-state index in [1.165, 1.54) is 82.6 Å². The van der Waals surface area contributed by atoms with E-state index in [9.17, 15) is 0 Å². The molecule has 3 nitrogen and oxygen atoms in total. The van der Waals surface area contributed by atoms with Gasteiger partial charge in [-0.1, -0.05) is 229 Å². The largest absolute Gasteiger partial charge is 0.310 e. The van der Waals surface area contributed by atoms with Gasteiger partial charge in [-0.05, 0) is 86.3 Å². The van der Waals surface area contributed by atoms with E-state index in [1.54, 1.807) is 0 Å². The van der Waals surface area contributed by atoms with Crippen molar-refractivity contribution >= 4 is 61.8 Å². The minimum absolute atomic E-state index is 0.0905. The first-order valence-corrected chi connectivity index (χ1v) is 22.7. The Labute approximate surface area is 380 Å². The maximum atomic E-state index is 5.15. The summed E-state index contributed by atoms with van der Waals surface area (Å²) in [6, 6.07) is 77.4. The average molecular weight is 830 g/mol. The van der Waals surface area contributed by atoms with E-state index in [0.717, 1.165) is 47.4 Å². The van der Waals surface area contributed by atoms with Gasteiger partial charge in [0.25, 0.3) is 0 Å². The maximum absolute atomic E-state index is 5.15. The predicted octanol–water partition coefficient (Wildman–Crippen LogP) is 12.8. The highest BCUT2D eigenvalue weighted by Crippen LogP contribution is 2.34. The molecule has 65 heavy (non-hydrogen) atoms. The lowest BCUT2D eigenvalue weighted by molar-refractivity contribution is 0.888. The monoisotopic (exact) mass is 829 g/mol. The smallest absolute Gasteiger partial charge is 0.242 e. The lowest BCUT2D eigenvalue weighted by atomic mass is 9.35. The van der Waals surface area contributed by atoms with Crippen molar-refractivity contribution in [1.82, 2.24) is 14.5 Å². The maximum Gasteiger partial charge on any atom is 0.242 e. The molecule has 1 aliphatic carbocycles. The molecule has 2 heterocycles. The van der Waals surface area contributed by atoms with E-state index in [1.807, 2.05) is 6.20 Å². The molecule has 0 N–H and O–H groups in total. The van der Waals surface area contributed by atoms with Crippen molar-refractivity contribution in [2.24, 2.45) is 0 Å². The third-order valence-electron chi connectivity index (χ3n) is 13.3. The van der Waals surface area contributed by atoms with E-state index >= 15 is 0 Å². The van der Waals surface area contributed by atoms with Crippen molar-refractivity contribution in [2.45, 2.75) is 19.3 Å². The molecule has 0 aliphatic heterocycles. The molecule has 306 valence electrons. The Bertz CT molecular complexity index is 3440. The summed E-state index contributed by atoms with van der Waals surface area (Å²) in [6.07, 6.45) is 9.38. The van der Waals surface area contributed by atoms with Crippen LogP contribution in [0.5, 0.6) is 0 Å². The Hall–Kier alpha value is -8.08. The molecule has 0 unspecified atom stereocenters. The molecule has 4 heteroatoms. The van der Waals surface area contributed by atoms with Gasteiger partial charge < -0.3 is 4.57 Å². The fourth-order valence-electron chi connectivity index (χ4n) is 10.1. The van der Waals surface area contributed by atoms with Crippen LogP contribution in [-0.2, 0) is 12.8 Å². The molecular weight excluding hydrogens is 786 g/mol. The van der Waals surface area contributed by atoms with Gasteiger partial charge in [-0.15, -0.1) is 0 Å². The highest BCUT2D eigenvalue weighted by atomic mass is 15.0. The molecular formula is C61H44BN3. The number of hydrogen-bond acceptors (Lipinski definition) is 2. The second-order valence-corrected chi connectivity index (χ2v) is 17.2. The highest BCUT2D eigenvalue weighted by Gasteiger charge is 2.26. The summed E-state index contributed by atoms with van der Waals surface area (Å²) in [7, 11) is 0. The van der Waals surface area contributed by atoms with Crippen LogP contribution < -0.4 is 16.4 Å². The number of rotatable bonds is 9. The van der Waals surface area contributed by atoms with Gasteiger partial charge >= 0.3 is 0 Å². The second-order valence-electron chi connectivity index (χ2n) is 17.2. The zero-order chi connectivity index (χ0) is 43.1. The molecule has 0 atom stereocenters. The average Bonchev–Trinajstić information content (AvgIpc) is 3.71. The van der Waals surface area contributed by atoms with Gasteiger partial charge in [0, 0.05) is 22.5 Å². The van der Waals surface area contributed by atoms with Gasteiger partial charge in [0.15, 0.2) is 5.82 Å². The number of fused-ring (bicyclic) bond motifs is 5. The van der Waals surface area contributed by atoms with Gasteiger partial charge in [-0.2, -0.15) is 0 Å². The molecule has 12 rings (SSSR count). The van der Waals surface area contributed by atoms with Crippen molar-refractivity contribution in [3.63, 3.8) is 0 Å². The summed E-state index contributed by atoms with van der Waals surface area (Å²) >= 11 is 0. The summed E-state index contributed by atoms with van der Waals surface area (Å²) in [5.41, 5.74) is 18.1. The number of allylic oxidation sites excluding steroid dienone is 1. The third kappa shape index (κ3) is 7.23. The first-order chi connectivity index (χ1) is 32.2. The van der Waals surface area contributed by atoms with E-state index in [4.69, 9.17) is 9.97 Å². The van der Waals surface area contributed by atoms with E-state index in [2.05, 4.69) is 229 Å². The molecule has 0 bridgehead atoms. The van der Waals surface area contributed by atoms with E-state index in [0.29, 0.717) is 0 Å². The number of hydrogen-bond donors (Lipinski definition) is 0. The molecule has 11 aromatic rings. The van der Waals surface area contributed by atoms with E-state index < -0.39 is 0 Å². The van der Waals surface area contributed by atoms with Crippen LogP contribution in [0.2, 0.25) is 0 Å². The zero-order valence-corrected chi connectivity index (χ0v) is 36.0. The first-order valence-electron chi connectivity index (χ1n) is 22.7. The van der Waals surface area contributed by atoms with Gasteiger partial charge in [-0.3, -0.25) is 0 Å². The normalized spacial score (nSPS) is 12.2. The van der Waals surface area contributed by atoms with Crippen molar-refractivity contribution in [3.8, 4) is 39.3 Å². The van der Waals surface area contributed by atoms with Gasteiger partial charge in [0.1, 0.15) is 5.52 Å². The van der Waals surface area contributed by atoms with Crippen LogP contribution in [0.15, 0.2) is 225 Å². The Balaban J connectivity index is 0.755. The summed E-state index contributed by atoms with van der Waals surface area (Å²) < 4.78 is 2.33. The molecule has 2 aromatic heterocycles. The lowest BCUT2D eigenvalue weighted by Gasteiger charge is -2.20. The summed E-state index contributed by atoms with van der Waals surface area (Å²) in [4.78, 5) is 10.0. The van der Waals surface area contributed by atoms with Crippen molar-refractivity contribution in [1.29, 1.82) is 0 Å². The number of aromatic nitrogens is 3. The van der Waals surface area contributed by atoms with Crippen LogP contribution in [0, 0.1) is 0 Å². The van der Waals surface area contributed by atoms with Crippen LogP contribution in [-0.4, -0.2) is 21.2 Å². The van der Waals surface area contributed by atoms with Crippen LogP contribution in [0.1, 0.15) is 28.8 Å². The Morgan fingerprint density at radius 3 is 1.58 bits per heavy atom. The minimum atomic E-state index is 0.0905. The highest BCUT2D eigenvalue weighted by molar-refractivity contribution is 6.98. The van der Waals surface area contributed by atoms with Crippen LogP contribution in [0.25, 0.3) is 78.0 Å². The third-order valence-corrected chi connectivity index (χ3v) is 13.3. The molecule has 0 amide bonds. The number of benzene rings is 9. The van der Waals surface area contributed by atoms with Crippen molar-refractivity contribution in [2.75, 3.05) is 0 Å². The fourth-order valence-corrected chi connectivity index (χ4v) is 10.1. The van der Waals surface area contributed by atoms with Crippen molar-refractivity contribution in [3.05, 3.63) is 247 Å². The topological polar surface area (TPSA) is 30.7 Å². The Morgan fingerprint density at radius 1 is 0.477 bits per heavy atom. The molecule has 0 fully saturated rings. The molecule has 0 radical (unpaired) electrons. The summed E-state index contributed by atoms with van der Waals surface area (Å²) in [6.45, 7) is 0.0905. The lowest BCUT2D eigenvalue weighted by Crippen LogP contribution is -2.52. The summed E-state index contributed by atoms with van der Waals surface area (Å²) in [5, 5.41) is 5.12. The Kier molecular flexibility index (Phi) is 9.83.